The van der Waals surface area contributed by atoms with Crippen LogP contribution in [0.3, 0.4) is 0 Å². The molecule has 2 aliphatic heterocycles. The summed E-state index contributed by atoms with van der Waals surface area (Å²) >= 11 is 13.8. The van der Waals surface area contributed by atoms with Gasteiger partial charge >= 0.3 is 6.09 Å². The van der Waals surface area contributed by atoms with Crippen molar-refractivity contribution in [2.45, 2.75) is 77.3 Å². The molecule has 11 nitrogen and oxygen atoms in total. The van der Waals surface area contributed by atoms with E-state index >= 15 is 0 Å². The summed E-state index contributed by atoms with van der Waals surface area (Å²) in [4.78, 5) is 31.4. The molecule has 14 heteroatoms. The van der Waals surface area contributed by atoms with Gasteiger partial charge in [0, 0.05) is 40.0 Å². The number of carbonyl (C=O) groups is 2. The molecule has 0 saturated carbocycles. The summed E-state index contributed by atoms with van der Waals surface area (Å²) in [6.45, 7) is 11.0. The van der Waals surface area contributed by atoms with E-state index < -0.39 is 23.5 Å². The van der Waals surface area contributed by atoms with Crippen LogP contribution in [-0.4, -0.2) is 73.0 Å². The molecule has 244 valence electrons. The Kier molecular flexibility index (Phi) is 8.92. The molecule has 0 aliphatic carbocycles. The third-order valence-electron chi connectivity index (χ3n) is 8.03. The number of hydrogen-bond acceptors (Lipinski definition) is 9. The number of ether oxygens (including phenoxy) is 2. The summed E-state index contributed by atoms with van der Waals surface area (Å²) in [5.41, 5.74) is 0.859. The summed E-state index contributed by atoms with van der Waals surface area (Å²) in [6, 6.07) is 10.7. The number of thiophene rings is 1. The van der Waals surface area contributed by atoms with E-state index in [-0.39, 0.29) is 18.4 Å². The minimum absolute atomic E-state index is 0.0203. The molecular weight excluding hydrogens is 651 g/mol. The highest BCUT2D eigenvalue weighted by atomic mass is 35.5. The van der Waals surface area contributed by atoms with Crippen LogP contribution in [0.25, 0.3) is 10.4 Å². The topological polar surface area (TPSA) is 116 Å². The van der Waals surface area contributed by atoms with Crippen LogP contribution in [-0.2, 0) is 16.0 Å². The van der Waals surface area contributed by atoms with Gasteiger partial charge in [-0.25, -0.2) is 9.48 Å². The average Bonchev–Trinajstić information content (AvgIpc) is 3.78. The van der Waals surface area contributed by atoms with Gasteiger partial charge in [0.1, 0.15) is 29.6 Å². The minimum Gasteiger partial charge on any atom is -0.444 e. The lowest BCUT2D eigenvalue weighted by molar-refractivity contribution is -0.0627. The fraction of sp³-hybridized carbons (Fsp3) is 0.469. The predicted molar refractivity (Wildman–Crippen MR) is 174 cm³/mol. The van der Waals surface area contributed by atoms with Gasteiger partial charge in [0.25, 0.3) is 5.91 Å². The molecular formula is C32H36Cl2N6O5S. The molecule has 4 aromatic rings. The van der Waals surface area contributed by atoms with Crippen LogP contribution in [0.5, 0.6) is 0 Å². The van der Waals surface area contributed by atoms with E-state index in [1.54, 1.807) is 21.8 Å². The van der Waals surface area contributed by atoms with E-state index in [1.165, 1.54) is 11.3 Å². The van der Waals surface area contributed by atoms with Gasteiger partial charge in [-0.05, 0) is 83.4 Å². The number of benzene rings is 1. The van der Waals surface area contributed by atoms with Crippen molar-refractivity contribution in [1.82, 2.24) is 30.0 Å². The molecule has 0 N–H and O–H groups in total. The average molecular weight is 688 g/mol. The predicted octanol–water partition coefficient (Wildman–Crippen LogP) is 7.41. The second-order valence-corrected chi connectivity index (χ2v) is 15.0. The second-order valence-electron chi connectivity index (χ2n) is 13.1. The molecule has 2 fully saturated rings. The molecule has 6 rings (SSSR count). The molecule has 1 atom stereocenters. The van der Waals surface area contributed by atoms with Gasteiger partial charge in [-0.1, -0.05) is 33.6 Å². The van der Waals surface area contributed by atoms with Gasteiger partial charge in [0.2, 0.25) is 0 Å². The summed E-state index contributed by atoms with van der Waals surface area (Å²) in [6.07, 6.45) is 2.89. The first-order valence-corrected chi connectivity index (χ1v) is 16.7. The molecule has 2 aliphatic rings. The minimum atomic E-state index is -0.852. The first-order valence-electron chi connectivity index (χ1n) is 15.1. The number of carbonyl (C=O) groups excluding carboxylic acids is 2. The Labute approximate surface area is 281 Å². The van der Waals surface area contributed by atoms with Crippen molar-refractivity contribution in [1.29, 1.82) is 0 Å². The largest absolute Gasteiger partial charge is 0.444 e. The maximum Gasteiger partial charge on any atom is 0.413 e. The molecule has 1 unspecified atom stereocenters. The lowest BCUT2D eigenvalue weighted by Crippen LogP contribution is -2.47. The summed E-state index contributed by atoms with van der Waals surface area (Å²) < 4.78 is 18.9. The first-order chi connectivity index (χ1) is 21.8. The van der Waals surface area contributed by atoms with E-state index in [4.69, 9.17) is 37.2 Å². The lowest BCUT2D eigenvalue weighted by Gasteiger charge is -2.34. The molecule has 2 saturated heterocycles. The summed E-state index contributed by atoms with van der Waals surface area (Å²) in [5.74, 6) is 0.844. The van der Waals surface area contributed by atoms with Crippen molar-refractivity contribution in [2.24, 2.45) is 0 Å². The second kappa shape index (κ2) is 12.6. The van der Waals surface area contributed by atoms with Crippen molar-refractivity contribution in [2.75, 3.05) is 19.7 Å². The number of rotatable bonds is 6. The monoisotopic (exact) mass is 686 g/mol. The van der Waals surface area contributed by atoms with Crippen molar-refractivity contribution < 1.29 is 23.6 Å². The van der Waals surface area contributed by atoms with Gasteiger partial charge < -0.3 is 18.9 Å². The van der Waals surface area contributed by atoms with Crippen LogP contribution < -0.4 is 0 Å². The smallest absolute Gasteiger partial charge is 0.413 e. The van der Waals surface area contributed by atoms with Gasteiger partial charge in [0.05, 0.1) is 23.4 Å². The number of hydrogen-bond donors (Lipinski definition) is 0. The zero-order valence-electron chi connectivity index (χ0n) is 26.3. The van der Waals surface area contributed by atoms with Crippen molar-refractivity contribution in [3.05, 3.63) is 74.7 Å². The molecule has 46 heavy (non-hydrogen) atoms. The Morgan fingerprint density at radius 3 is 2.48 bits per heavy atom. The number of aromatic nitrogens is 4. The maximum absolute atomic E-state index is 13.3. The maximum atomic E-state index is 13.3. The summed E-state index contributed by atoms with van der Waals surface area (Å²) in [7, 11) is 0. The third-order valence-corrected chi connectivity index (χ3v) is 9.59. The molecule has 0 spiro atoms. The molecule has 5 heterocycles. The first kappa shape index (κ1) is 32.5. The van der Waals surface area contributed by atoms with E-state index in [0.717, 1.165) is 29.0 Å². The van der Waals surface area contributed by atoms with E-state index in [0.29, 0.717) is 46.0 Å². The zero-order valence-corrected chi connectivity index (χ0v) is 28.7. The van der Waals surface area contributed by atoms with Gasteiger partial charge in [-0.2, -0.15) is 0 Å². The van der Waals surface area contributed by atoms with Crippen molar-refractivity contribution >= 4 is 46.5 Å². The Morgan fingerprint density at radius 2 is 1.78 bits per heavy atom. The van der Waals surface area contributed by atoms with Crippen LogP contribution >= 0.6 is 34.5 Å². The van der Waals surface area contributed by atoms with Crippen LogP contribution in [0.4, 0.5) is 4.79 Å². The number of nitrogens with zero attached hydrogens (tertiary/aromatic N) is 6. The Hall–Kier alpha value is -3.45. The summed E-state index contributed by atoms with van der Waals surface area (Å²) in [5, 5.41) is 14.1. The van der Waals surface area contributed by atoms with Crippen molar-refractivity contribution in [3.63, 3.8) is 0 Å². The lowest BCUT2D eigenvalue weighted by atomic mass is 9.93. The number of amides is 2. The quantitative estimate of drug-likeness (QED) is 0.206. The molecule has 2 amide bonds. The van der Waals surface area contributed by atoms with Crippen LogP contribution in [0, 0.1) is 0 Å². The Balaban J connectivity index is 1.05. The van der Waals surface area contributed by atoms with Crippen LogP contribution in [0.15, 0.2) is 47.1 Å². The SMILES string of the molecule is CC(C)(C)OC(=O)N1C(c2cn(Cc3cc(C4CCN(C(=O)c5ccc(-c6cc(Cl)cc(Cl)c6)s5)CC4)no3)nn2)COC1(C)C. The standard InChI is InChI=1S/C32H36Cl2N6O5S/c1-31(2,3)44-30(42)40-26(18-43-32(40,4)5)25-17-39(37-35-25)16-23-15-24(36-45-23)19-8-10-38(11-9-19)29(41)28-7-6-27(46-28)20-12-21(33)14-22(34)13-20/h6-7,12-15,17,19,26H,8-11,16,18H2,1-5H3. The Bertz CT molecular complexity index is 1720. The molecule has 3 aromatic heterocycles. The normalized spacial score (nSPS) is 18.7. The van der Waals surface area contributed by atoms with Gasteiger partial charge in [-0.15, -0.1) is 16.4 Å². The molecule has 1 aromatic carbocycles. The third kappa shape index (κ3) is 7.10. The highest BCUT2D eigenvalue weighted by molar-refractivity contribution is 7.17. The van der Waals surface area contributed by atoms with Crippen molar-refractivity contribution in [3.8, 4) is 10.4 Å². The number of likely N-dealkylation sites (tertiary alicyclic amines) is 1. The fourth-order valence-electron chi connectivity index (χ4n) is 5.82. The fourth-order valence-corrected chi connectivity index (χ4v) is 7.30. The number of piperidine rings is 1. The highest BCUT2D eigenvalue weighted by Gasteiger charge is 2.47. The molecule has 0 bridgehead atoms. The van der Waals surface area contributed by atoms with Gasteiger partial charge in [-0.3, -0.25) is 9.69 Å². The zero-order chi connectivity index (χ0) is 32.8. The Morgan fingerprint density at radius 1 is 1.07 bits per heavy atom. The van der Waals surface area contributed by atoms with E-state index in [9.17, 15) is 9.59 Å². The van der Waals surface area contributed by atoms with Gasteiger partial charge in [0.15, 0.2) is 5.76 Å². The van der Waals surface area contributed by atoms with E-state index in [1.807, 2.05) is 69.9 Å². The highest BCUT2D eigenvalue weighted by Crippen LogP contribution is 2.38. The molecule has 0 radical (unpaired) electrons. The van der Waals surface area contributed by atoms with Crippen LogP contribution in [0.1, 0.15) is 86.2 Å². The number of halogens is 2. The van der Waals surface area contributed by atoms with E-state index in [2.05, 4.69) is 15.5 Å². The van der Waals surface area contributed by atoms with Crippen LogP contribution in [0.2, 0.25) is 10.0 Å².